The molecule has 1 N–H and O–H groups in total. The SMILES string of the molecule is Cc1ccc(/C=N\NC(=O)c2cc3c(s2)CC[C@H](C)C3)c(C)c1. The molecule has 1 aromatic carbocycles. The third-order valence-corrected chi connectivity index (χ3v) is 5.58. The molecule has 1 aromatic heterocycles. The Kier molecular flexibility index (Phi) is 4.62. The third-order valence-electron chi connectivity index (χ3n) is 4.35. The Morgan fingerprint density at radius 3 is 2.96 bits per heavy atom. The lowest BCUT2D eigenvalue weighted by Gasteiger charge is -2.16. The van der Waals surface area contributed by atoms with Crippen LogP contribution in [0.3, 0.4) is 0 Å². The van der Waals surface area contributed by atoms with Crippen LogP contribution in [0.1, 0.15) is 50.1 Å². The van der Waals surface area contributed by atoms with Crippen LogP contribution in [-0.2, 0) is 12.8 Å². The maximum Gasteiger partial charge on any atom is 0.281 e. The molecule has 1 amide bonds. The number of fused-ring (bicyclic) bond motifs is 1. The van der Waals surface area contributed by atoms with Gasteiger partial charge in [-0.2, -0.15) is 5.10 Å². The molecule has 120 valence electrons. The second-order valence-electron chi connectivity index (χ2n) is 6.47. The zero-order valence-corrected chi connectivity index (χ0v) is 14.7. The van der Waals surface area contributed by atoms with E-state index in [1.165, 1.54) is 22.4 Å². The summed E-state index contributed by atoms with van der Waals surface area (Å²) in [4.78, 5) is 14.4. The standard InChI is InChI=1S/C19H22N2OS/c1-12-4-6-15(14(3)8-12)11-20-21-19(22)18-10-16-9-13(2)5-7-17(16)23-18/h4,6,8,10-11,13H,5,7,9H2,1-3H3,(H,21,22)/b20-11-/t13-/m0/s1. The number of amides is 1. The number of carbonyl (C=O) groups excluding carboxylic acids is 1. The van der Waals surface area contributed by atoms with Gasteiger partial charge in [-0.15, -0.1) is 11.3 Å². The Morgan fingerprint density at radius 1 is 1.35 bits per heavy atom. The predicted octanol–water partition coefficient (Wildman–Crippen LogP) is 4.25. The molecule has 1 aliphatic rings. The number of hydrazone groups is 1. The fourth-order valence-corrected chi connectivity index (χ4v) is 4.10. The topological polar surface area (TPSA) is 41.5 Å². The van der Waals surface area contributed by atoms with Crippen molar-refractivity contribution >= 4 is 23.5 Å². The molecule has 0 bridgehead atoms. The van der Waals surface area contributed by atoms with Gasteiger partial charge < -0.3 is 0 Å². The number of thiophene rings is 1. The average molecular weight is 326 g/mol. The number of nitrogens with one attached hydrogen (secondary N) is 1. The van der Waals surface area contributed by atoms with Gasteiger partial charge in [0.25, 0.3) is 5.91 Å². The van der Waals surface area contributed by atoms with Crippen molar-refractivity contribution in [3.63, 3.8) is 0 Å². The van der Waals surface area contributed by atoms with Crippen molar-refractivity contribution in [2.24, 2.45) is 11.0 Å². The molecule has 0 saturated heterocycles. The molecule has 3 nitrogen and oxygen atoms in total. The first-order valence-corrected chi connectivity index (χ1v) is 8.87. The van der Waals surface area contributed by atoms with Crippen LogP contribution >= 0.6 is 11.3 Å². The van der Waals surface area contributed by atoms with Crippen molar-refractivity contribution in [3.05, 3.63) is 56.3 Å². The Balaban J connectivity index is 1.66. The van der Waals surface area contributed by atoms with E-state index in [1.807, 2.05) is 25.1 Å². The van der Waals surface area contributed by atoms with Gasteiger partial charge in [0, 0.05) is 4.88 Å². The largest absolute Gasteiger partial charge is 0.281 e. The number of nitrogens with zero attached hydrogens (tertiary/aromatic N) is 1. The Morgan fingerprint density at radius 2 is 2.17 bits per heavy atom. The highest BCUT2D eigenvalue weighted by atomic mass is 32.1. The number of carbonyl (C=O) groups is 1. The maximum absolute atomic E-state index is 12.3. The Labute approximate surface area is 141 Å². The van der Waals surface area contributed by atoms with E-state index in [1.54, 1.807) is 17.6 Å². The summed E-state index contributed by atoms with van der Waals surface area (Å²) in [6, 6.07) is 8.21. The second kappa shape index (κ2) is 6.67. The molecule has 2 aromatic rings. The van der Waals surface area contributed by atoms with Crippen LogP contribution in [0.4, 0.5) is 0 Å². The fourth-order valence-electron chi connectivity index (χ4n) is 3.00. The van der Waals surface area contributed by atoms with Crippen molar-refractivity contribution in [3.8, 4) is 0 Å². The van der Waals surface area contributed by atoms with Gasteiger partial charge in [0.05, 0.1) is 11.1 Å². The zero-order valence-electron chi connectivity index (χ0n) is 13.8. The third kappa shape index (κ3) is 3.70. The van der Waals surface area contributed by atoms with Gasteiger partial charge in [0.2, 0.25) is 0 Å². The van der Waals surface area contributed by atoms with Crippen molar-refractivity contribution in [2.45, 2.75) is 40.0 Å². The fraction of sp³-hybridized carbons (Fsp3) is 0.368. The summed E-state index contributed by atoms with van der Waals surface area (Å²) in [5.74, 6) is 0.605. The van der Waals surface area contributed by atoms with Crippen LogP contribution in [-0.4, -0.2) is 12.1 Å². The molecule has 0 aliphatic heterocycles. The summed E-state index contributed by atoms with van der Waals surface area (Å²) in [5, 5.41) is 4.11. The van der Waals surface area contributed by atoms with E-state index >= 15 is 0 Å². The second-order valence-corrected chi connectivity index (χ2v) is 7.60. The van der Waals surface area contributed by atoms with Crippen LogP contribution in [0.25, 0.3) is 0 Å². The molecule has 0 fully saturated rings. The van der Waals surface area contributed by atoms with Gasteiger partial charge in [-0.25, -0.2) is 5.43 Å². The highest BCUT2D eigenvalue weighted by molar-refractivity contribution is 7.14. The Bertz CT molecular complexity index is 761. The van der Waals surface area contributed by atoms with Crippen LogP contribution in [0, 0.1) is 19.8 Å². The summed E-state index contributed by atoms with van der Waals surface area (Å²) < 4.78 is 0. The van der Waals surface area contributed by atoms with E-state index in [2.05, 4.69) is 30.4 Å². The molecule has 0 spiro atoms. The molecule has 23 heavy (non-hydrogen) atoms. The Hall–Kier alpha value is -1.94. The van der Waals surface area contributed by atoms with Gasteiger partial charge in [-0.05, 0) is 61.8 Å². The molecule has 1 heterocycles. The van der Waals surface area contributed by atoms with E-state index in [9.17, 15) is 4.79 Å². The number of aryl methyl sites for hydroxylation is 3. The first kappa shape index (κ1) is 15.9. The van der Waals surface area contributed by atoms with E-state index < -0.39 is 0 Å². The minimum atomic E-state index is -0.113. The molecule has 4 heteroatoms. The molecule has 0 saturated carbocycles. The van der Waals surface area contributed by atoms with Crippen LogP contribution in [0.15, 0.2) is 29.4 Å². The predicted molar refractivity (Wildman–Crippen MR) is 96.5 cm³/mol. The average Bonchev–Trinajstić information content (AvgIpc) is 2.92. The van der Waals surface area contributed by atoms with Crippen molar-refractivity contribution < 1.29 is 4.79 Å². The number of hydrogen-bond acceptors (Lipinski definition) is 3. The number of rotatable bonds is 3. The lowest BCUT2D eigenvalue weighted by molar-refractivity contribution is 0.0959. The zero-order chi connectivity index (χ0) is 16.4. The van der Waals surface area contributed by atoms with Crippen LogP contribution in [0.2, 0.25) is 0 Å². The summed E-state index contributed by atoms with van der Waals surface area (Å²) in [7, 11) is 0. The van der Waals surface area contributed by atoms with Crippen molar-refractivity contribution in [1.29, 1.82) is 0 Å². The number of benzene rings is 1. The normalized spacial score (nSPS) is 17.3. The van der Waals surface area contributed by atoms with Gasteiger partial charge >= 0.3 is 0 Å². The monoisotopic (exact) mass is 326 g/mol. The molecular weight excluding hydrogens is 304 g/mol. The van der Waals surface area contributed by atoms with E-state index in [-0.39, 0.29) is 5.91 Å². The summed E-state index contributed by atoms with van der Waals surface area (Å²) in [6.07, 6.45) is 5.12. The van der Waals surface area contributed by atoms with Crippen LogP contribution < -0.4 is 5.43 Å². The first-order chi connectivity index (χ1) is 11.0. The van der Waals surface area contributed by atoms with Crippen molar-refractivity contribution in [1.82, 2.24) is 5.43 Å². The van der Waals surface area contributed by atoms with Crippen LogP contribution in [0.5, 0.6) is 0 Å². The highest BCUT2D eigenvalue weighted by Crippen LogP contribution is 2.32. The van der Waals surface area contributed by atoms with E-state index in [4.69, 9.17) is 0 Å². The van der Waals surface area contributed by atoms with Gasteiger partial charge in [0.1, 0.15) is 0 Å². The lowest BCUT2D eigenvalue weighted by Crippen LogP contribution is -2.16. The molecule has 0 radical (unpaired) electrons. The summed E-state index contributed by atoms with van der Waals surface area (Å²) in [6.45, 7) is 6.38. The van der Waals surface area contributed by atoms with Crippen molar-refractivity contribution in [2.75, 3.05) is 0 Å². The van der Waals surface area contributed by atoms with Gasteiger partial charge in [-0.3, -0.25) is 4.79 Å². The molecule has 1 aliphatic carbocycles. The quantitative estimate of drug-likeness (QED) is 0.665. The minimum Gasteiger partial charge on any atom is -0.266 e. The minimum absolute atomic E-state index is 0.113. The maximum atomic E-state index is 12.3. The molecule has 1 atom stereocenters. The molecule has 3 rings (SSSR count). The molecule has 0 unspecified atom stereocenters. The van der Waals surface area contributed by atoms with E-state index in [0.29, 0.717) is 0 Å². The van der Waals surface area contributed by atoms with Gasteiger partial charge in [0.15, 0.2) is 0 Å². The van der Waals surface area contributed by atoms with E-state index in [0.717, 1.165) is 34.8 Å². The smallest absolute Gasteiger partial charge is 0.266 e. The van der Waals surface area contributed by atoms with Gasteiger partial charge in [-0.1, -0.05) is 30.7 Å². The number of hydrogen-bond donors (Lipinski definition) is 1. The molecular formula is C19H22N2OS. The first-order valence-electron chi connectivity index (χ1n) is 8.05. The summed E-state index contributed by atoms with van der Waals surface area (Å²) in [5.41, 5.74) is 7.40. The lowest BCUT2D eigenvalue weighted by atomic mass is 9.90. The highest BCUT2D eigenvalue weighted by Gasteiger charge is 2.20. The summed E-state index contributed by atoms with van der Waals surface area (Å²) >= 11 is 1.61.